The van der Waals surface area contributed by atoms with E-state index in [9.17, 15) is 4.79 Å². The van der Waals surface area contributed by atoms with E-state index in [0.29, 0.717) is 12.2 Å². The van der Waals surface area contributed by atoms with E-state index in [4.69, 9.17) is 4.74 Å². The molecule has 3 atom stereocenters. The third-order valence-corrected chi connectivity index (χ3v) is 5.47. The van der Waals surface area contributed by atoms with Crippen molar-refractivity contribution in [1.82, 2.24) is 26.1 Å². The second-order valence-electron chi connectivity index (χ2n) is 7.23. The van der Waals surface area contributed by atoms with E-state index < -0.39 is 0 Å². The molecular weight excluding hydrogens is 330 g/mol. The molecule has 0 aliphatic carbocycles. The maximum Gasteiger partial charge on any atom is 0.271 e. The van der Waals surface area contributed by atoms with Crippen LogP contribution in [0.25, 0.3) is 0 Å². The number of aromatic nitrogens is 2. The minimum atomic E-state index is -0.105. The number of aromatic amines is 1. The van der Waals surface area contributed by atoms with Crippen LogP contribution in [0, 0.1) is 0 Å². The fourth-order valence-electron chi connectivity index (χ4n) is 4.02. The first-order valence-electron chi connectivity index (χ1n) is 9.08. The lowest BCUT2D eigenvalue weighted by Crippen LogP contribution is -2.30. The molecule has 7 heteroatoms. The number of ether oxygens (including phenoxy) is 1. The van der Waals surface area contributed by atoms with Crippen LogP contribution in [0.3, 0.4) is 0 Å². The molecule has 1 fully saturated rings. The van der Waals surface area contributed by atoms with Gasteiger partial charge in [0.05, 0.1) is 7.11 Å². The van der Waals surface area contributed by atoms with E-state index in [1.165, 1.54) is 0 Å². The summed E-state index contributed by atoms with van der Waals surface area (Å²) in [6, 6.07) is 8.53. The molecule has 7 nitrogen and oxygen atoms in total. The van der Waals surface area contributed by atoms with E-state index in [1.807, 2.05) is 18.2 Å². The minimum absolute atomic E-state index is 0.105. The Morgan fingerprint density at radius 3 is 2.69 bits per heavy atom. The lowest BCUT2D eigenvalue weighted by molar-refractivity contribution is 0.0950. The molecule has 2 aliphatic heterocycles. The van der Waals surface area contributed by atoms with Crippen molar-refractivity contribution < 1.29 is 9.53 Å². The normalized spacial score (nSPS) is 28.3. The topological polar surface area (TPSA) is 91.1 Å². The van der Waals surface area contributed by atoms with Crippen LogP contribution in [0.2, 0.25) is 0 Å². The third-order valence-electron chi connectivity index (χ3n) is 5.47. The number of nitrogens with zero attached hydrogens (tertiary/aromatic N) is 1. The molecule has 0 bridgehead atoms. The van der Waals surface area contributed by atoms with Gasteiger partial charge in [-0.3, -0.25) is 15.6 Å². The van der Waals surface area contributed by atoms with Gasteiger partial charge in [-0.2, -0.15) is 0 Å². The van der Waals surface area contributed by atoms with Crippen molar-refractivity contribution in [3.05, 3.63) is 47.0 Å². The maximum atomic E-state index is 12.5. The smallest absolute Gasteiger partial charge is 0.271 e. The van der Waals surface area contributed by atoms with Gasteiger partial charge < -0.3 is 15.0 Å². The van der Waals surface area contributed by atoms with Gasteiger partial charge in [0.25, 0.3) is 5.91 Å². The van der Waals surface area contributed by atoms with Crippen molar-refractivity contribution in [2.75, 3.05) is 13.7 Å². The number of rotatable bonds is 3. The number of hydrogen-bond acceptors (Lipinski definition) is 5. The number of amides is 1. The van der Waals surface area contributed by atoms with E-state index in [1.54, 1.807) is 7.11 Å². The number of benzene rings is 1. The van der Waals surface area contributed by atoms with Crippen LogP contribution in [0.1, 0.15) is 53.3 Å². The average molecular weight is 355 g/mol. The molecule has 3 unspecified atom stereocenters. The Morgan fingerprint density at radius 2 is 1.96 bits per heavy atom. The second-order valence-corrected chi connectivity index (χ2v) is 7.23. The van der Waals surface area contributed by atoms with Crippen molar-refractivity contribution in [1.29, 1.82) is 0 Å². The SMILES string of the molecule is COc1cccc(C2CNC(=O)c3nc(C4C(C)NNC4C)[nH]c3C2)c1. The first-order valence-corrected chi connectivity index (χ1v) is 9.08. The Morgan fingerprint density at radius 1 is 1.19 bits per heavy atom. The summed E-state index contributed by atoms with van der Waals surface area (Å²) in [5.41, 5.74) is 9.08. The summed E-state index contributed by atoms with van der Waals surface area (Å²) in [6.07, 6.45) is 0.741. The highest BCUT2D eigenvalue weighted by Gasteiger charge is 2.35. The number of carbonyl (C=O) groups is 1. The summed E-state index contributed by atoms with van der Waals surface area (Å²) < 4.78 is 5.34. The lowest BCUT2D eigenvalue weighted by Gasteiger charge is -2.17. The first kappa shape index (κ1) is 17.1. The number of carbonyl (C=O) groups excluding carboxylic acids is 1. The molecule has 0 saturated carbocycles. The molecule has 0 spiro atoms. The predicted molar refractivity (Wildman–Crippen MR) is 98.3 cm³/mol. The Labute approximate surface area is 152 Å². The van der Waals surface area contributed by atoms with E-state index in [-0.39, 0.29) is 29.8 Å². The van der Waals surface area contributed by atoms with Gasteiger partial charge in [0.15, 0.2) is 0 Å². The Hall–Kier alpha value is -2.38. The summed E-state index contributed by atoms with van der Waals surface area (Å²) in [7, 11) is 1.67. The molecule has 0 radical (unpaired) electrons. The zero-order valence-corrected chi connectivity index (χ0v) is 15.3. The molecule has 2 aromatic rings. The summed E-state index contributed by atoms with van der Waals surface area (Å²) in [4.78, 5) is 20.7. The molecule has 1 aromatic carbocycles. The molecule has 4 N–H and O–H groups in total. The lowest BCUT2D eigenvalue weighted by atomic mass is 9.94. The van der Waals surface area contributed by atoms with Crippen LogP contribution in [-0.4, -0.2) is 41.6 Å². The van der Waals surface area contributed by atoms with Crippen LogP contribution in [0.4, 0.5) is 0 Å². The fourth-order valence-corrected chi connectivity index (χ4v) is 4.02. The van der Waals surface area contributed by atoms with Crippen LogP contribution in [-0.2, 0) is 6.42 Å². The van der Waals surface area contributed by atoms with Crippen molar-refractivity contribution in [2.45, 2.75) is 44.2 Å². The second kappa shape index (κ2) is 6.74. The van der Waals surface area contributed by atoms with Gasteiger partial charge in [0.1, 0.15) is 17.3 Å². The van der Waals surface area contributed by atoms with E-state index in [0.717, 1.165) is 29.3 Å². The number of hydrogen-bond donors (Lipinski definition) is 4. The molecule has 3 heterocycles. The van der Waals surface area contributed by atoms with Crippen molar-refractivity contribution >= 4 is 5.91 Å². The summed E-state index contributed by atoms with van der Waals surface area (Å²) in [6.45, 7) is 4.83. The standard InChI is InChI=1S/C19H25N5O2/c1-10-16(11(2)24-23-10)18-21-15-8-13(9-20-19(25)17(15)22-18)12-5-4-6-14(7-12)26-3/h4-7,10-11,13,16,23-24H,8-9H2,1-3H3,(H,20,25)(H,21,22). The first-order chi connectivity index (χ1) is 12.6. The molecule has 26 heavy (non-hydrogen) atoms. The summed E-state index contributed by atoms with van der Waals surface area (Å²) in [5, 5.41) is 3.02. The van der Waals surface area contributed by atoms with Gasteiger partial charge in [-0.25, -0.2) is 4.98 Å². The average Bonchev–Trinajstić information content (AvgIpc) is 3.16. The number of imidazole rings is 1. The quantitative estimate of drug-likeness (QED) is 0.669. The predicted octanol–water partition coefficient (Wildman–Crippen LogP) is 1.46. The Bertz CT molecular complexity index is 808. The number of nitrogens with one attached hydrogen (secondary N) is 4. The number of hydrazine groups is 1. The molecule has 1 saturated heterocycles. The highest BCUT2D eigenvalue weighted by Crippen LogP contribution is 2.30. The summed E-state index contributed by atoms with van der Waals surface area (Å²) in [5.74, 6) is 1.97. The van der Waals surface area contributed by atoms with Gasteiger partial charge in [-0.15, -0.1) is 0 Å². The fraction of sp³-hybridized carbons (Fsp3) is 0.474. The van der Waals surface area contributed by atoms with Crippen molar-refractivity contribution in [3.63, 3.8) is 0 Å². The van der Waals surface area contributed by atoms with Gasteiger partial charge in [0, 0.05) is 36.2 Å². The number of fused-ring (bicyclic) bond motifs is 1. The zero-order valence-electron chi connectivity index (χ0n) is 15.3. The van der Waals surface area contributed by atoms with E-state index >= 15 is 0 Å². The molecule has 1 amide bonds. The van der Waals surface area contributed by atoms with Crippen LogP contribution >= 0.6 is 0 Å². The monoisotopic (exact) mass is 355 g/mol. The van der Waals surface area contributed by atoms with Gasteiger partial charge in [-0.05, 0) is 38.0 Å². The number of methoxy groups -OCH3 is 1. The van der Waals surface area contributed by atoms with Crippen molar-refractivity contribution in [2.24, 2.45) is 0 Å². The van der Waals surface area contributed by atoms with E-state index in [2.05, 4.69) is 46.1 Å². The summed E-state index contributed by atoms with van der Waals surface area (Å²) >= 11 is 0. The zero-order chi connectivity index (χ0) is 18.3. The molecule has 138 valence electrons. The third kappa shape index (κ3) is 2.97. The van der Waals surface area contributed by atoms with Gasteiger partial charge in [0.2, 0.25) is 0 Å². The molecule has 2 aliphatic rings. The Balaban J connectivity index is 1.65. The van der Waals surface area contributed by atoms with Gasteiger partial charge in [-0.1, -0.05) is 12.1 Å². The van der Waals surface area contributed by atoms with Crippen LogP contribution in [0.5, 0.6) is 5.75 Å². The number of H-pyrrole nitrogens is 1. The highest BCUT2D eigenvalue weighted by atomic mass is 16.5. The minimum Gasteiger partial charge on any atom is -0.497 e. The van der Waals surface area contributed by atoms with Crippen molar-refractivity contribution in [3.8, 4) is 5.75 Å². The molecule has 1 aromatic heterocycles. The van der Waals surface area contributed by atoms with Crippen LogP contribution in [0.15, 0.2) is 24.3 Å². The van der Waals surface area contributed by atoms with Gasteiger partial charge >= 0.3 is 0 Å². The Kier molecular flexibility index (Phi) is 4.42. The van der Waals surface area contributed by atoms with Crippen LogP contribution < -0.4 is 20.9 Å². The maximum absolute atomic E-state index is 12.5. The molecule has 4 rings (SSSR count). The highest BCUT2D eigenvalue weighted by molar-refractivity contribution is 5.94. The molecular formula is C19H25N5O2. The largest absolute Gasteiger partial charge is 0.497 e.